The zero-order valence-electron chi connectivity index (χ0n) is 21.5. The summed E-state index contributed by atoms with van der Waals surface area (Å²) in [4.78, 5) is 0. The van der Waals surface area contributed by atoms with Crippen LogP contribution >= 0.6 is 24.8 Å². The first-order valence-corrected chi connectivity index (χ1v) is 25.3. The van der Waals surface area contributed by atoms with Gasteiger partial charge in [-0.05, 0) is 0 Å². The van der Waals surface area contributed by atoms with E-state index in [9.17, 15) is 0 Å². The summed E-state index contributed by atoms with van der Waals surface area (Å²) >= 11 is -3.44. The largest absolute Gasteiger partial charge is 0.147 e. The first-order valence-electron chi connectivity index (χ1n) is 11.8. The van der Waals surface area contributed by atoms with Crippen molar-refractivity contribution in [3.63, 3.8) is 0 Å². The molecule has 4 rings (SSSR count). The van der Waals surface area contributed by atoms with Crippen LogP contribution < -0.4 is 0 Å². The van der Waals surface area contributed by atoms with Gasteiger partial charge in [-0.15, -0.1) is 24.8 Å². The van der Waals surface area contributed by atoms with Crippen molar-refractivity contribution in [2.24, 2.45) is 11.8 Å². The first kappa shape index (κ1) is 28.6. The van der Waals surface area contributed by atoms with E-state index in [1.807, 2.05) is 3.28 Å². The second-order valence-electron chi connectivity index (χ2n) is 11.2. The van der Waals surface area contributed by atoms with Gasteiger partial charge in [0.1, 0.15) is 0 Å². The number of hydrogen-bond donors (Lipinski definition) is 0. The third-order valence-electron chi connectivity index (χ3n) is 8.28. The van der Waals surface area contributed by atoms with Crippen molar-refractivity contribution in [3.05, 3.63) is 96.9 Å². The van der Waals surface area contributed by atoms with E-state index in [2.05, 4.69) is 112 Å². The summed E-state index contributed by atoms with van der Waals surface area (Å²) in [5.74, 6) is 1.11. The van der Waals surface area contributed by atoms with E-state index in [1.54, 1.807) is 27.9 Å². The van der Waals surface area contributed by atoms with Gasteiger partial charge in [-0.3, -0.25) is 0 Å². The predicted molar refractivity (Wildman–Crippen MR) is 151 cm³/mol. The summed E-state index contributed by atoms with van der Waals surface area (Å²) in [6.07, 6.45) is 0. The molecule has 0 saturated carbocycles. The summed E-state index contributed by atoms with van der Waals surface area (Å²) in [5, 5.41) is 0. The maximum absolute atomic E-state index is 3.44. The van der Waals surface area contributed by atoms with Crippen LogP contribution in [0.1, 0.15) is 61.9 Å². The topological polar surface area (TPSA) is 0 Å². The fraction of sp³-hybridized carbons (Fsp3) is 0.379. The fourth-order valence-electron chi connectivity index (χ4n) is 6.84. The molecule has 0 heterocycles. The maximum atomic E-state index is 2.73. The van der Waals surface area contributed by atoms with Crippen LogP contribution in [0.25, 0.3) is 5.57 Å². The number of rotatable bonds is 4. The molecule has 0 N–H and O–H groups in total. The Morgan fingerprint density at radius 3 is 1.88 bits per heavy atom. The van der Waals surface area contributed by atoms with Gasteiger partial charge in [-0.25, -0.2) is 0 Å². The molecule has 0 amide bonds. The molecule has 33 heavy (non-hydrogen) atoms. The standard InChI is InChI=1S/C18H17.C9H13.2CH3.2ClH.H2Si.Zr/c1-13(2)17-12-15-10-6-7-11-16(15)18(17)14-8-4-3-5-9-14;1-6-5-7(2)9(4)8(6)3;;;;;;/h3-13H,1-2H3;6H,1-4H3;2*1H3;2*1H;1H2;. The van der Waals surface area contributed by atoms with Gasteiger partial charge in [-0.1, -0.05) is 0 Å². The molecule has 4 heteroatoms. The fourth-order valence-corrected chi connectivity index (χ4v) is 27.8. The Hall–Kier alpha value is -0.660. The van der Waals surface area contributed by atoms with Gasteiger partial charge in [-0.2, -0.15) is 0 Å². The third-order valence-corrected chi connectivity index (χ3v) is 25.4. The van der Waals surface area contributed by atoms with Gasteiger partial charge < -0.3 is 0 Å². The minimum absolute atomic E-state index is 0. The molecule has 2 aromatic rings. The molecule has 0 saturated heterocycles. The van der Waals surface area contributed by atoms with Crippen molar-refractivity contribution in [1.29, 1.82) is 0 Å². The summed E-state index contributed by atoms with van der Waals surface area (Å²) in [5.41, 5.74) is 12.4. The van der Waals surface area contributed by atoms with Crippen molar-refractivity contribution < 1.29 is 17.4 Å². The Bertz CT molecular complexity index is 1230. The van der Waals surface area contributed by atoms with Gasteiger partial charge in [0, 0.05) is 0 Å². The van der Waals surface area contributed by atoms with Gasteiger partial charge in [0.25, 0.3) is 0 Å². The third kappa shape index (κ3) is 4.40. The Balaban J connectivity index is 0.00000193. The van der Waals surface area contributed by atoms with Crippen LogP contribution in [0.2, 0.25) is 9.26 Å². The summed E-state index contributed by atoms with van der Waals surface area (Å²) in [7, 11) is 0. The molecular formula is C29H40Cl2SiZr. The smallest absolute Gasteiger partial charge is 0.147 e. The molecule has 0 spiro atoms. The molecule has 0 aromatic heterocycles. The molecule has 0 fully saturated rings. The van der Waals surface area contributed by atoms with E-state index >= 15 is 0 Å². The number of fused-ring (bicyclic) bond motifs is 1. The maximum Gasteiger partial charge on any atom is -0.147 e. The van der Waals surface area contributed by atoms with Crippen LogP contribution in [0.5, 0.6) is 0 Å². The van der Waals surface area contributed by atoms with Gasteiger partial charge in [0.15, 0.2) is 0 Å². The zero-order valence-corrected chi connectivity index (χ0v) is 27.0. The van der Waals surface area contributed by atoms with Crippen molar-refractivity contribution >= 4 is 37.3 Å². The van der Waals surface area contributed by atoms with E-state index in [-0.39, 0.29) is 24.8 Å². The summed E-state index contributed by atoms with van der Waals surface area (Å²) < 4.78 is 7.87. The Labute approximate surface area is 216 Å². The van der Waals surface area contributed by atoms with Crippen molar-refractivity contribution in [3.8, 4) is 0 Å². The van der Waals surface area contributed by atoms with Crippen molar-refractivity contribution in [1.82, 2.24) is 0 Å². The Morgan fingerprint density at radius 2 is 1.36 bits per heavy atom. The van der Waals surface area contributed by atoms with E-state index in [0.717, 1.165) is 0 Å². The molecule has 0 bridgehead atoms. The Kier molecular flexibility index (Phi) is 8.46. The van der Waals surface area contributed by atoms with Crippen LogP contribution in [0.15, 0.2) is 80.2 Å². The average Bonchev–Trinajstić information content (AvgIpc) is 3.18. The monoisotopic (exact) mass is 576 g/mol. The zero-order chi connectivity index (χ0) is 22.7. The summed E-state index contributed by atoms with van der Waals surface area (Å²) in [6.45, 7) is 16.9. The minimum Gasteiger partial charge on any atom is -0.147 e. The van der Waals surface area contributed by atoms with Crippen LogP contribution in [0, 0.1) is 11.8 Å². The molecule has 2 unspecified atom stereocenters. The second-order valence-corrected chi connectivity index (χ2v) is 40.7. The molecule has 2 atom stereocenters. The van der Waals surface area contributed by atoms with Gasteiger partial charge in [0.05, 0.1) is 0 Å². The molecule has 2 aliphatic rings. The van der Waals surface area contributed by atoms with E-state index in [4.69, 9.17) is 0 Å². The molecule has 2 aliphatic carbocycles. The molecule has 0 aliphatic heterocycles. The van der Waals surface area contributed by atoms with E-state index in [1.165, 1.54) is 16.7 Å². The average molecular weight is 579 g/mol. The van der Waals surface area contributed by atoms with Crippen molar-refractivity contribution in [2.75, 3.05) is 0 Å². The normalized spacial score (nSPS) is 20.8. The van der Waals surface area contributed by atoms with Crippen LogP contribution in [-0.4, -0.2) is 6.88 Å². The molecule has 0 radical (unpaired) electrons. The summed E-state index contributed by atoms with van der Waals surface area (Å²) in [6, 6.07) is 20.4. The van der Waals surface area contributed by atoms with Gasteiger partial charge in [0.2, 0.25) is 0 Å². The molecular weight excluding hydrogens is 539 g/mol. The number of hydrogen-bond acceptors (Lipinski definition) is 0. The Morgan fingerprint density at radius 1 is 0.818 bits per heavy atom. The second kappa shape index (κ2) is 9.77. The van der Waals surface area contributed by atoms with E-state index < -0.39 is 17.4 Å². The van der Waals surface area contributed by atoms with E-state index in [0.29, 0.717) is 15.5 Å². The first-order chi connectivity index (χ1) is 14.5. The molecule has 178 valence electrons. The number of halogens is 2. The minimum atomic E-state index is -3.44. The number of benzene rings is 2. The molecule has 0 nitrogen and oxygen atoms in total. The van der Waals surface area contributed by atoms with Gasteiger partial charge >= 0.3 is 193 Å². The quantitative estimate of drug-likeness (QED) is 0.319. The van der Waals surface area contributed by atoms with Crippen molar-refractivity contribution in [2.45, 2.75) is 54.4 Å². The molecule has 2 aromatic carbocycles. The predicted octanol–water partition coefficient (Wildman–Crippen LogP) is 8.64. The van der Waals surface area contributed by atoms with Crippen LogP contribution in [-0.2, 0) is 17.4 Å². The van der Waals surface area contributed by atoms with Crippen LogP contribution in [0.3, 0.4) is 0 Å². The van der Waals surface area contributed by atoms with Crippen LogP contribution in [0.4, 0.5) is 0 Å². The number of allylic oxidation sites excluding steroid dienone is 5. The SMILES string of the molecule is CC1=C(C)C(C)[C]([Zr]([CH3])([CH3])(=[SiH2])[CH]2C(C(C)C)=C(c3ccccc3)c3ccccc32)=C1C.Cl.Cl.